The van der Waals surface area contributed by atoms with Crippen molar-refractivity contribution in [2.75, 3.05) is 27.2 Å². The van der Waals surface area contributed by atoms with Gasteiger partial charge in [-0.3, -0.25) is 9.69 Å². The summed E-state index contributed by atoms with van der Waals surface area (Å²) in [4.78, 5) is 15.9. The molecule has 1 atom stereocenters. The Kier molecular flexibility index (Phi) is 6.92. The van der Waals surface area contributed by atoms with Gasteiger partial charge in [0.25, 0.3) is 0 Å². The van der Waals surface area contributed by atoms with Gasteiger partial charge < -0.3 is 15.1 Å². The number of hydrogen-bond acceptors (Lipinski definition) is 4. The summed E-state index contributed by atoms with van der Waals surface area (Å²) < 4.78 is 5.49. The molecule has 5 nitrogen and oxygen atoms in total. The van der Waals surface area contributed by atoms with Crippen molar-refractivity contribution in [3.05, 3.63) is 23.7 Å². The SMILES string of the molecule is Cc1ccc(CN(C)C(=O)CN(C)CCC(N)C(C)C)o1. The van der Waals surface area contributed by atoms with Crippen LogP contribution in [0.25, 0.3) is 0 Å². The molecule has 21 heavy (non-hydrogen) atoms. The predicted octanol–water partition coefficient (Wildman–Crippen LogP) is 1.85. The van der Waals surface area contributed by atoms with E-state index in [4.69, 9.17) is 10.2 Å². The van der Waals surface area contributed by atoms with Crippen LogP contribution in [0.4, 0.5) is 0 Å². The first kappa shape index (κ1) is 17.7. The zero-order valence-corrected chi connectivity index (χ0v) is 13.9. The summed E-state index contributed by atoms with van der Waals surface area (Å²) >= 11 is 0. The van der Waals surface area contributed by atoms with Crippen LogP contribution in [-0.4, -0.2) is 48.9 Å². The Bertz CT molecular complexity index is 442. The van der Waals surface area contributed by atoms with Gasteiger partial charge in [0, 0.05) is 13.1 Å². The highest BCUT2D eigenvalue weighted by atomic mass is 16.3. The summed E-state index contributed by atoms with van der Waals surface area (Å²) in [5.41, 5.74) is 6.03. The van der Waals surface area contributed by atoms with Gasteiger partial charge in [-0.2, -0.15) is 0 Å². The molecular formula is C16H29N3O2. The second-order valence-corrected chi connectivity index (χ2v) is 6.20. The summed E-state index contributed by atoms with van der Waals surface area (Å²) in [7, 11) is 3.75. The van der Waals surface area contributed by atoms with E-state index in [9.17, 15) is 4.79 Å². The van der Waals surface area contributed by atoms with Gasteiger partial charge >= 0.3 is 0 Å². The molecule has 0 radical (unpaired) electrons. The number of carbonyl (C=O) groups excluding carboxylic acids is 1. The Morgan fingerprint density at radius 1 is 1.33 bits per heavy atom. The molecule has 0 spiro atoms. The lowest BCUT2D eigenvalue weighted by molar-refractivity contribution is -0.131. The lowest BCUT2D eigenvalue weighted by Crippen LogP contribution is -2.38. The molecule has 120 valence electrons. The fraction of sp³-hybridized carbons (Fsp3) is 0.688. The van der Waals surface area contributed by atoms with Crippen molar-refractivity contribution in [1.29, 1.82) is 0 Å². The minimum Gasteiger partial charge on any atom is -0.464 e. The fourth-order valence-corrected chi connectivity index (χ4v) is 2.03. The van der Waals surface area contributed by atoms with E-state index < -0.39 is 0 Å². The van der Waals surface area contributed by atoms with E-state index in [0.717, 1.165) is 24.5 Å². The van der Waals surface area contributed by atoms with Crippen LogP contribution < -0.4 is 5.73 Å². The molecule has 1 heterocycles. The minimum atomic E-state index is 0.0877. The molecule has 1 aromatic heterocycles. The lowest BCUT2D eigenvalue weighted by atomic mass is 10.0. The van der Waals surface area contributed by atoms with Crippen molar-refractivity contribution in [3.63, 3.8) is 0 Å². The molecule has 0 aliphatic carbocycles. The molecule has 1 unspecified atom stereocenters. The van der Waals surface area contributed by atoms with E-state index in [2.05, 4.69) is 13.8 Å². The fourth-order valence-electron chi connectivity index (χ4n) is 2.03. The summed E-state index contributed by atoms with van der Waals surface area (Å²) in [5, 5.41) is 0. The lowest BCUT2D eigenvalue weighted by Gasteiger charge is -2.23. The molecular weight excluding hydrogens is 266 g/mol. The number of furan rings is 1. The van der Waals surface area contributed by atoms with Gasteiger partial charge in [0.15, 0.2) is 0 Å². The van der Waals surface area contributed by atoms with E-state index in [1.165, 1.54) is 0 Å². The molecule has 0 aliphatic heterocycles. The van der Waals surface area contributed by atoms with E-state index in [0.29, 0.717) is 19.0 Å². The summed E-state index contributed by atoms with van der Waals surface area (Å²) in [5.74, 6) is 2.24. The van der Waals surface area contributed by atoms with Gasteiger partial charge in [0.05, 0.1) is 13.1 Å². The van der Waals surface area contributed by atoms with Crippen LogP contribution in [0.3, 0.4) is 0 Å². The molecule has 0 saturated heterocycles. The summed E-state index contributed by atoms with van der Waals surface area (Å²) in [6.45, 7) is 7.88. The van der Waals surface area contributed by atoms with Crippen molar-refractivity contribution in [2.24, 2.45) is 11.7 Å². The van der Waals surface area contributed by atoms with E-state index in [1.54, 1.807) is 11.9 Å². The maximum absolute atomic E-state index is 12.2. The van der Waals surface area contributed by atoms with Crippen LogP contribution in [0.15, 0.2) is 16.5 Å². The number of likely N-dealkylation sites (N-methyl/N-ethyl adjacent to an activating group) is 2. The number of carbonyl (C=O) groups is 1. The third-order valence-electron chi connectivity index (χ3n) is 3.72. The normalized spacial score (nSPS) is 13.0. The number of nitrogens with two attached hydrogens (primary N) is 1. The van der Waals surface area contributed by atoms with Crippen molar-refractivity contribution in [2.45, 2.75) is 39.8 Å². The topological polar surface area (TPSA) is 62.7 Å². The molecule has 0 fully saturated rings. The maximum Gasteiger partial charge on any atom is 0.236 e. The zero-order chi connectivity index (χ0) is 16.0. The number of hydrogen-bond donors (Lipinski definition) is 1. The van der Waals surface area contributed by atoms with Crippen LogP contribution in [-0.2, 0) is 11.3 Å². The Balaban J connectivity index is 2.34. The Hall–Kier alpha value is -1.33. The highest BCUT2D eigenvalue weighted by Crippen LogP contribution is 2.09. The number of aryl methyl sites for hydroxylation is 1. The zero-order valence-electron chi connectivity index (χ0n) is 13.9. The van der Waals surface area contributed by atoms with Crippen molar-refractivity contribution >= 4 is 5.91 Å². The second-order valence-electron chi connectivity index (χ2n) is 6.20. The van der Waals surface area contributed by atoms with Crippen LogP contribution >= 0.6 is 0 Å². The van der Waals surface area contributed by atoms with E-state index in [1.807, 2.05) is 31.0 Å². The third kappa shape index (κ3) is 6.31. The average molecular weight is 295 g/mol. The van der Waals surface area contributed by atoms with Gasteiger partial charge in [-0.15, -0.1) is 0 Å². The Morgan fingerprint density at radius 3 is 2.52 bits per heavy atom. The molecule has 5 heteroatoms. The highest BCUT2D eigenvalue weighted by molar-refractivity contribution is 5.77. The van der Waals surface area contributed by atoms with E-state index in [-0.39, 0.29) is 11.9 Å². The summed E-state index contributed by atoms with van der Waals surface area (Å²) in [6.07, 6.45) is 0.905. The number of amides is 1. The van der Waals surface area contributed by atoms with Crippen LogP contribution in [0, 0.1) is 12.8 Å². The molecule has 1 amide bonds. The number of rotatable bonds is 8. The second kappa shape index (κ2) is 8.20. The number of nitrogens with zero attached hydrogens (tertiary/aromatic N) is 2. The Morgan fingerprint density at radius 2 is 2.00 bits per heavy atom. The molecule has 0 bridgehead atoms. The maximum atomic E-state index is 12.2. The van der Waals surface area contributed by atoms with Gasteiger partial charge in [0.2, 0.25) is 5.91 Å². The minimum absolute atomic E-state index is 0.0877. The largest absolute Gasteiger partial charge is 0.464 e. The van der Waals surface area contributed by atoms with Crippen molar-refractivity contribution in [1.82, 2.24) is 9.80 Å². The first-order valence-corrected chi connectivity index (χ1v) is 7.53. The summed E-state index contributed by atoms with van der Waals surface area (Å²) in [6, 6.07) is 4.00. The molecule has 0 saturated carbocycles. The van der Waals surface area contributed by atoms with Crippen molar-refractivity contribution < 1.29 is 9.21 Å². The molecule has 2 N–H and O–H groups in total. The van der Waals surface area contributed by atoms with Crippen LogP contribution in [0.5, 0.6) is 0 Å². The molecule has 1 aromatic rings. The molecule has 0 aliphatic rings. The monoisotopic (exact) mass is 295 g/mol. The van der Waals surface area contributed by atoms with Gasteiger partial charge in [-0.25, -0.2) is 0 Å². The van der Waals surface area contributed by atoms with Crippen LogP contribution in [0.1, 0.15) is 31.8 Å². The van der Waals surface area contributed by atoms with Crippen molar-refractivity contribution in [3.8, 4) is 0 Å². The highest BCUT2D eigenvalue weighted by Gasteiger charge is 2.15. The quantitative estimate of drug-likeness (QED) is 0.795. The third-order valence-corrected chi connectivity index (χ3v) is 3.72. The Labute approximate surface area is 128 Å². The molecule has 1 rings (SSSR count). The average Bonchev–Trinajstić information content (AvgIpc) is 2.80. The van der Waals surface area contributed by atoms with Crippen LogP contribution in [0.2, 0.25) is 0 Å². The smallest absolute Gasteiger partial charge is 0.236 e. The van der Waals surface area contributed by atoms with E-state index >= 15 is 0 Å². The standard InChI is InChI=1S/C16H29N3O2/c1-12(2)15(17)8-9-18(4)11-16(20)19(5)10-14-7-6-13(3)21-14/h6-7,12,15H,8-11,17H2,1-5H3. The first-order chi connectivity index (χ1) is 9.79. The first-order valence-electron chi connectivity index (χ1n) is 7.53. The predicted molar refractivity (Wildman–Crippen MR) is 84.8 cm³/mol. The molecule has 0 aromatic carbocycles. The van der Waals surface area contributed by atoms with Gasteiger partial charge in [-0.05, 0) is 45.0 Å². The van der Waals surface area contributed by atoms with Gasteiger partial charge in [-0.1, -0.05) is 13.8 Å². The van der Waals surface area contributed by atoms with Gasteiger partial charge in [0.1, 0.15) is 11.5 Å².